The van der Waals surface area contributed by atoms with Gasteiger partial charge in [0.25, 0.3) is 0 Å². The van der Waals surface area contributed by atoms with Gasteiger partial charge in [0, 0.05) is 52.8 Å². The number of aryl methyl sites for hydroxylation is 2. The van der Waals surface area contributed by atoms with Gasteiger partial charge in [-0.2, -0.15) is 5.26 Å². The number of H-pyrrole nitrogens is 1. The Morgan fingerprint density at radius 1 is 1.18 bits per heavy atom. The van der Waals surface area contributed by atoms with Crippen molar-refractivity contribution in [3.8, 4) is 6.07 Å². The van der Waals surface area contributed by atoms with Crippen molar-refractivity contribution in [2.75, 3.05) is 25.5 Å². The van der Waals surface area contributed by atoms with Crippen molar-refractivity contribution in [2.45, 2.75) is 45.7 Å². The number of anilines is 2. The molecule has 194 valence electrons. The Kier molecular flexibility index (Phi) is 7.83. The zero-order valence-electron chi connectivity index (χ0n) is 22.4. The zero-order valence-corrected chi connectivity index (χ0v) is 22.4. The van der Waals surface area contributed by atoms with Gasteiger partial charge in [-0.1, -0.05) is 6.07 Å². The Labute approximate surface area is 224 Å². The summed E-state index contributed by atoms with van der Waals surface area (Å²) in [6.07, 6.45) is 11.4. The summed E-state index contributed by atoms with van der Waals surface area (Å²) in [4.78, 5) is 15.0. The van der Waals surface area contributed by atoms with Crippen molar-refractivity contribution in [1.82, 2.24) is 25.2 Å². The molecule has 7 heteroatoms. The molecule has 1 atom stereocenters. The molecule has 0 saturated carbocycles. The lowest BCUT2D eigenvalue weighted by Gasteiger charge is -2.19. The molecule has 0 spiro atoms. The largest absolute Gasteiger partial charge is 0.361 e. The van der Waals surface area contributed by atoms with Crippen LogP contribution in [0.2, 0.25) is 0 Å². The van der Waals surface area contributed by atoms with Gasteiger partial charge in [-0.15, -0.1) is 0 Å². The molecule has 1 unspecified atom stereocenters. The number of aromatic amines is 1. The number of benzene rings is 1. The van der Waals surface area contributed by atoms with E-state index in [4.69, 9.17) is 4.98 Å². The van der Waals surface area contributed by atoms with Gasteiger partial charge in [0.15, 0.2) is 0 Å². The summed E-state index contributed by atoms with van der Waals surface area (Å²) < 4.78 is 0. The van der Waals surface area contributed by atoms with E-state index in [0.29, 0.717) is 11.6 Å². The van der Waals surface area contributed by atoms with Crippen LogP contribution in [0.4, 0.5) is 11.4 Å². The maximum atomic E-state index is 9.85. The summed E-state index contributed by atoms with van der Waals surface area (Å²) >= 11 is 0. The molecule has 1 fully saturated rings. The number of rotatable bonds is 9. The van der Waals surface area contributed by atoms with Gasteiger partial charge in [0.05, 0.1) is 22.6 Å². The van der Waals surface area contributed by atoms with Crippen molar-refractivity contribution in [3.63, 3.8) is 0 Å². The minimum Gasteiger partial charge on any atom is -0.361 e. The van der Waals surface area contributed by atoms with Crippen molar-refractivity contribution in [2.24, 2.45) is 0 Å². The number of nitriles is 1. The molecule has 5 rings (SSSR count). The highest BCUT2D eigenvalue weighted by Crippen LogP contribution is 2.32. The minimum atomic E-state index is 0.502. The number of pyridine rings is 2. The van der Waals surface area contributed by atoms with Gasteiger partial charge in [0.2, 0.25) is 0 Å². The molecule has 4 aromatic rings. The number of nitrogens with zero attached hydrogens (tertiary/aromatic N) is 4. The van der Waals surface area contributed by atoms with E-state index in [0.717, 1.165) is 63.6 Å². The molecule has 38 heavy (non-hydrogen) atoms. The van der Waals surface area contributed by atoms with Crippen molar-refractivity contribution in [1.29, 1.82) is 5.26 Å². The average Bonchev–Trinajstić information content (AvgIpc) is 3.57. The molecule has 1 aliphatic rings. The Bertz CT molecular complexity index is 1490. The minimum absolute atomic E-state index is 0.502. The van der Waals surface area contributed by atoms with Gasteiger partial charge in [-0.25, -0.2) is 0 Å². The van der Waals surface area contributed by atoms with E-state index in [1.165, 1.54) is 25.8 Å². The monoisotopic (exact) mass is 505 g/mol. The SMILES string of the molecule is Cc1ncc(C#N)c(Nc2ccc3[nH]ccc3c2C)c1/C=C/c1cccc(CNCCC2CCCN2C)n1. The van der Waals surface area contributed by atoms with Crippen LogP contribution in [0.5, 0.6) is 0 Å². The second kappa shape index (κ2) is 11.6. The first-order chi connectivity index (χ1) is 18.5. The highest BCUT2D eigenvalue weighted by atomic mass is 15.1. The van der Waals surface area contributed by atoms with Crippen LogP contribution >= 0.6 is 0 Å². The van der Waals surface area contributed by atoms with E-state index in [-0.39, 0.29) is 0 Å². The Morgan fingerprint density at radius 2 is 2.08 bits per heavy atom. The van der Waals surface area contributed by atoms with Crippen molar-refractivity contribution in [3.05, 3.63) is 82.6 Å². The smallest absolute Gasteiger partial charge is 0.103 e. The fourth-order valence-electron chi connectivity index (χ4n) is 5.29. The highest BCUT2D eigenvalue weighted by molar-refractivity contribution is 5.90. The maximum Gasteiger partial charge on any atom is 0.103 e. The van der Waals surface area contributed by atoms with Crippen LogP contribution in [0, 0.1) is 25.2 Å². The Balaban J connectivity index is 1.33. The first-order valence-electron chi connectivity index (χ1n) is 13.3. The molecule has 0 radical (unpaired) electrons. The van der Waals surface area contributed by atoms with Crippen LogP contribution in [0.3, 0.4) is 0 Å². The van der Waals surface area contributed by atoms with Crippen LogP contribution in [-0.2, 0) is 6.54 Å². The van der Waals surface area contributed by atoms with Gasteiger partial charge in [0.1, 0.15) is 6.07 Å². The molecular weight excluding hydrogens is 470 g/mol. The van der Waals surface area contributed by atoms with Crippen LogP contribution in [0.1, 0.15) is 53.0 Å². The van der Waals surface area contributed by atoms with E-state index >= 15 is 0 Å². The summed E-state index contributed by atoms with van der Waals surface area (Å²) in [5.41, 5.74) is 8.04. The van der Waals surface area contributed by atoms with Gasteiger partial charge >= 0.3 is 0 Å². The fourth-order valence-corrected chi connectivity index (χ4v) is 5.29. The third kappa shape index (κ3) is 5.62. The molecule has 3 aromatic heterocycles. The number of likely N-dealkylation sites (tertiary alicyclic amines) is 1. The molecule has 1 aliphatic heterocycles. The molecule has 4 heterocycles. The molecule has 7 nitrogen and oxygen atoms in total. The number of aromatic nitrogens is 3. The summed E-state index contributed by atoms with van der Waals surface area (Å²) in [5, 5.41) is 18.1. The molecule has 3 N–H and O–H groups in total. The number of hydrogen-bond acceptors (Lipinski definition) is 6. The van der Waals surface area contributed by atoms with E-state index in [9.17, 15) is 5.26 Å². The molecule has 1 aromatic carbocycles. The summed E-state index contributed by atoms with van der Waals surface area (Å²) in [7, 11) is 2.22. The normalized spacial score (nSPS) is 15.9. The second-order valence-corrected chi connectivity index (χ2v) is 10.1. The topological polar surface area (TPSA) is 92.7 Å². The van der Waals surface area contributed by atoms with Gasteiger partial charge < -0.3 is 20.5 Å². The quantitative estimate of drug-likeness (QED) is 0.244. The number of hydrogen-bond donors (Lipinski definition) is 3. The predicted octanol–water partition coefficient (Wildman–Crippen LogP) is 5.93. The van der Waals surface area contributed by atoms with Crippen LogP contribution in [0.15, 0.2) is 48.8 Å². The summed E-state index contributed by atoms with van der Waals surface area (Å²) in [6, 6.07) is 15.3. The Hall–Kier alpha value is -3.99. The number of fused-ring (bicyclic) bond motifs is 1. The van der Waals surface area contributed by atoms with Crippen molar-refractivity contribution < 1.29 is 0 Å². The second-order valence-electron chi connectivity index (χ2n) is 10.1. The van der Waals surface area contributed by atoms with E-state index in [1.807, 2.05) is 43.5 Å². The predicted molar refractivity (Wildman–Crippen MR) is 155 cm³/mol. The van der Waals surface area contributed by atoms with Gasteiger partial charge in [-0.3, -0.25) is 9.97 Å². The molecular formula is C31H35N7. The van der Waals surface area contributed by atoms with Crippen LogP contribution in [0.25, 0.3) is 23.1 Å². The third-order valence-corrected chi connectivity index (χ3v) is 7.58. The lowest BCUT2D eigenvalue weighted by Crippen LogP contribution is -2.29. The summed E-state index contributed by atoms with van der Waals surface area (Å²) in [6.45, 7) is 7.00. The molecule has 1 saturated heterocycles. The van der Waals surface area contributed by atoms with Crippen LogP contribution in [-0.4, -0.2) is 46.0 Å². The number of nitrogens with one attached hydrogen (secondary N) is 3. The Morgan fingerprint density at radius 3 is 2.89 bits per heavy atom. The standard InChI is InChI=1S/C31H35N7/c1-21-27-14-16-34-30(27)12-11-29(21)37-31-23(18-32)19-35-22(2)28(31)10-9-24-6-4-7-25(36-24)20-33-15-13-26-8-5-17-38(26)3/h4,6-7,9-12,14,16,19,26,33-34H,5,8,13,15,17,20H2,1-3H3,(H,35,37)/b10-9+. The average molecular weight is 506 g/mol. The van der Waals surface area contributed by atoms with Crippen molar-refractivity contribution >= 4 is 34.4 Å². The molecule has 0 amide bonds. The first kappa shape index (κ1) is 25.7. The van der Waals surface area contributed by atoms with Crippen LogP contribution < -0.4 is 10.6 Å². The van der Waals surface area contributed by atoms with E-state index < -0.39 is 0 Å². The van der Waals surface area contributed by atoms with E-state index in [2.05, 4.69) is 63.7 Å². The first-order valence-corrected chi connectivity index (χ1v) is 13.3. The van der Waals surface area contributed by atoms with Gasteiger partial charge in [-0.05, 0) is 101 Å². The maximum absolute atomic E-state index is 9.85. The fraction of sp³-hybridized carbons (Fsp3) is 0.323. The zero-order chi connectivity index (χ0) is 26.5. The lowest BCUT2D eigenvalue weighted by molar-refractivity contribution is 0.293. The third-order valence-electron chi connectivity index (χ3n) is 7.58. The van der Waals surface area contributed by atoms with E-state index in [1.54, 1.807) is 6.20 Å². The molecule has 0 aliphatic carbocycles. The molecule has 0 bridgehead atoms. The lowest BCUT2D eigenvalue weighted by atomic mass is 10.0. The summed E-state index contributed by atoms with van der Waals surface area (Å²) in [5.74, 6) is 0. The highest BCUT2D eigenvalue weighted by Gasteiger charge is 2.19.